The normalized spacial score (nSPS) is 16.2. The molecule has 1 aliphatic heterocycles. The summed E-state index contributed by atoms with van der Waals surface area (Å²) in [5.74, 6) is 0.827. The third kappa shape index (κ3) is 2.52. The molecule has 1 fully saturated rings. The molecular weight excluding hydrogens is 207 g/mol. The molecule has 0 unspecified atom stereocenters. The van der Waals surface area contributed by atoms with Gasteiger partial charge in [0.1, 0.15) is 5.82 Å². The number of anilines is 1. The Morgan fingerprint density at radius 1 is 1.44 bits per heavy atom. The molecule has 1 aromatic rings. The number of morpholine rings is 1. The van der Waals surface area contributed by atoms with E-state index in [1.165, 1.54) is 0 Å². The van der Waals surface area contributed by atoms with E-state index in [1.807, 2.05) is 6.07 Å². The first-order valence-corrected chi connectivity index (χ1v) is 5.39. The molecule has 2 rings (SSSR count). The van der Waals surface area contributed by atoms with Crippen LogP contribution >= 0.6 is 0 Å². The first-order chi connectivity index (χ1) is 7.81. The molecule has 1 saturated heterocycles. The first kappa shape index (κ1) is 11.4. The Morgan fingerprint density at radius 3 is 2.88 bits per heavy atom. The lowest BCUT2D eigenvalue weighted by Crippen LogP contribution is -2.39. The van der Waals surface area contributed by atoms with Crippen molar-refractivity contribution >= 4 is 18.2 Å². The van der Waals surface area contributed by atoms with Crippen LogP contribution in [-0.4, -0.2) is 54.8 Å². The highest BCUT2D eigenvalue weighted by molar-refractivity contribution is 6.66. The van der Waals surface area contributed by atoms with Gasteiger partial charge in [-0.2, -0.15) is 0 Å². The Kier molecular flexibility index (Phi) is 3.76. The van der Waals surface area contributed by atoms with Crippen molar-refractivity contribution in [2.24, 2.45) is 0 Å². The van der Waals surface area contributed by atoms with Crippen LogP contribution in [0.2, 0.25) is 0 Å². The number of aliphatic hydroxyl groups is 1. The van der Waals surface area contributed by atoms with Crippen molar-refractivity contribution in [1.29, 1.82) is 0 Å². The zero-order chi connectivity index (χ0) is 11.4. The Balaban J connectivity index is 2.14. The molecule has 0 bridgehead atoms. The SMILES string of the molecule is OCB(O)c1ccnc(N2CCOCC2)c1. The summed E-state index contributed by atoms with van der Waals surface area (Å²) in [7, 11) is 0. The number of hydrogen-bond acceptors (Lipinski definition) is 5. The number of nitrogens with zero attached hydrogens (tertiary/aromatic N) is 2. The summed E-state index contributed by atoms with van der Waals surface area (Å²) in [5, 5.41) is 18.4. The van der Waals surface area contributed by atoms with Crippen molar-refractivity contribution < 1.29 is 14.9 Å². The van der Waals surface area contributed by atoms with Gasteiger partial charge in [0.05, 0.1) is 19.7 Å². The summed E-state index contributed by atoms with van der Waals surface area (Å²) in [6.45, 7) is 1.93. The van der Waals surface area contributed by atoms with Crippen molar-refractivity contribution in [3.63, 3.8) is 0 Å². The van der Waals surface area contributed by atoms with Gasteiger partial charge in [0.25, 0.3) is 0 Å². The summed E-state index contributed by atoms with van der Waals surface area (Å²) < 4.78 is 5.26. The first-order valence-electron chi connectivity index (χ1n) is 5.39. The van der Waals surface area contributed by atoms with Crippen molar-refractivity contribution in [2.45, 2.75) is 0 Å². The lowest BCUT2D eigenvalue weighted by molar-refractivity contribution is 0.122. The minimum atomic E-state index is -0.831. The number of hydrogen-bond donors (Lipinski definition) is 2. The van der Waals surface area contributed by atoms with Gasteiger partial charge >= 0.3 is 6.92 Å². The van der Waals surface area contributed by atoms with E-state index in [0.29, 0.717) is 18.7 Å². The van der Waals surface area contributed by atoms with Crippen LogP contribution in [0, 0.1) is 0 Å². The lowest BCUT2D eigenvalue weighted by Gasteiger charge is -2.28. The summed E-state index contributed by atoms with van der Waals surface area (Å²) in [6.07, 6.45) is 1.65. The highest BCUT2D eigenvalue weighted by Gasteiger charge is 2.16. The van der Waals surface area contributed by atoms with E-state index in [9.17, 15) is 5.02 Å². The standard InChI is InChI=1S/C10H15BN2O3/c14-8-11(15)9-1-2-12-10(7-9)13-3-5-16-6-4-13/h1-2,7,14-15H,3-6,8H2. The van der Waals surface area contributed by atoms with E-state index >= 15 is 0 Å². The molecule has 2 heterocycles. The van der Waals surface area contributed by atoms with Crippen LogP contribution in [0.4, 0.5) is 5.82 Å². The Morgan fingerprint density at radius 2 is 2.19 bits per heavy atom. The molecule has 0 aliphatic carbocycles. The van der Waals surface area contributed by atoms with E-state index in [-0.39, 0.29) is 6.51 Å². The van der Waals surface area contributed by atoms with Crippen LogP contribution in [-0.2, 0) is 4.74 Å². The summed E-state index contributed by atoms with van der Waals surface area (Å²) >= 11 is 0. The van der Waals surface area contributed by atoms with Gasteiger partial charge in [0.15, 0.2) is 0 Å². The number of pyridine rings is 1. The third-order valence-electron chi connectivity index (χ3n) is 2.66. The molecule has 5 nitrogen and oxygen atoms in total. The molecule has 0 spiro atoms. The molecule has 1 aromatic heterocycles. The second kappa shape index (κ2) is 5.29. The fraction of sp³-hybridized carbons (Fsp3) is 0.500. The molecule has 0 aromatic carbocycles. The Hall–Kier alpha value is -1.11. The monoisotopic (exact) mass is 222 g/mol. The third-order valence-corrected chi connectivity index (χ3v) is 2.66. The largest absolute Gasteiger partial charge is 0.445 e. The molecule has 16 heavy (non-hydrogen) atoms. The molecule has 0 atom stereocenters. The van der Waals surface area contributed by atoms with Crippen LogP contribution in [0.5, 0.6) is 0 Å². The number of rotatable bonds is 3. The smallest absolute Gasteiger partial charge is 0.350 e. The van der Waals surface area contributed by atoms with Gasteiger partial charge in [0, 0.05) is 19.3 Å². The Labute approximate surface area is 94.8 Å². The van der Waals surface area contributed by atoms with Crippen LogP contribution in [0.15, 0.2) is 18.3 Å². The van der Waals surface area contributed by atoms with Gasteiger partial charge in [-0.15, -0.1) is 0 Å². The van der Waals surface area contributed by atoms with Crippen LogP contribution in [0.25, 0.3) is 0 Å². The maximum atomic E-state index is 9.53. The van der Waals surface area contributed by atoms with Crippen molar-refractivity contribution in [1.82, 2.24) is 4.98 Å². The van der Waals surface area contributed by atoms with Gasteiger partial charge in [0.2, 0.25) is 0 Å². The van der Waals surface area contributed by atoms with Crippen molar-refractivity contribution in [3.8, 4) is 0 Å². The summed E-state index contributed by atoms with van der Waals surface area (Å²) in [6, 6.07) is 3.52. The minimum Gasteiger partial charge on any atom is -0.445 e. The molecule has 2 N–H and O–H groups in total. The van der Waals surface area contributed by atoms with Crippen LogP contribution < -0.4 is 10.4 Å². The van der Waals surface area contributed by atoms with Crippen molar-refractivity contribution in [3.05, 3.63) is 18.3 Å². The van der Waals surface area contributed by atoms with E-state index in [2.05, 4.69) is 9.88 Å². The van der Waals surface area contributed by atoms with Gasteiger partial charge < -0.3 is 19.8 Å². The molecule has 0 saturated carbocycles. The average molecular weight is 222 g/mol. The van der Waals surface area contributed by atoms with Gasteiger partial charge in [-0.3, -0.25) is 0 Å². The Bertz CT molecular complexity index is 345. The lowest BCUT2D eigenvalue weighted by atomic mass is 9.63. The topological polar surface area (TPSA) is 65.8 Å². The van der Waals surface area contributed by atoms with E-state index in [4.69, 9.17) is 9.84 Å². The van der Waals surface area contributed by atoms with Gasteiger partial charge in [-0.1, -0.05) is 0 Å². The average Bonchev–Trinajstić information content (AvgIpc) is 2.39. The molecule has 0 amide bonds. The molecule has 0 radical (unpaired) electrons. The number of ether oxygens (including phenoxy) is 1. The van der Waals surface area contributed by atoms with E-state index in [1.54, 1.807) is 12.3 Å². The fourth-order valence-electron chi connectivity index (χ4n) is 1.71. The predicted molar refractivity (Wildman–Crippen MR) is 62.0 cm³/mol. The van der Waals surface area contributed by atoms with Crippen LogP contribution in [0.3, 0.4) is 0 Å². The van der Waals surface area contributed by atoms with Crippen LogP contribution in [0.1, 0.15) is 0 Å². The number of aliphatic hydroxyl groups excluding tert-OH is 1. The highest BCUT2D eigenvalue weighted by Crippen LogP contribution is 2.10. The quantitative estimate of drug-likeness (QED) is 0.618. The van der Waals surface area contributed by atoms with Gasteiger partial charge in [-0.05, 0) is 17.6 Å². The van der Waals surface area contributed by atoms with Gasteiger partial charge in [-0.25, -0.2) is 4.98 Å². The zero-order valence-corrected chi connectivity index (χ0v) is 9.04. The van der Waals surface area contributed by atoms with E-state index < -0.39 is 6.92 Å². The maximum absolute atomic E-state index is 9.53. The summed E-state index contributed by atoms with van der Waals surface area (Å²) in [5.41, 5.74) is 0.694. The molecule has 86 valence electrons. The maximum Gasteiger partial charge on any atom is 0.350 e. The predicted octanol–water partition coefficient (Wildman–Crippen LogP) is -1.36. The molecule has 1 aliphatic rings. The highest BCUT2D eigenvalue weighted by atomic mass is 16.5. The fourth-order valence-corrected chi connectivity index (χ4v) is 1.71. The summed E-state index contributed by atoms with van der Waals surface area (Å²) in [4.78, 5) is 6.37. The minimum absolute atomic E-state index is 0.271. The molecule has 6 heteroatoms. The zero-order valence-electron chi connectivity index (χ0n) is 9.04. The number of aromatic nitrogens is 1. The second-order valence-corrected chi connectivity index (χ2v) is 3.75. The van der Waals surface area contributed by atoms with E-state index in [0.717, 1.165) is 18.9 Å². The molecular formula is C10H15BN2O3. The van der Waals surface area contributed by atoms with Crippen molar-refractivity contribution in [2.75, 3.05) is 37.7 Å². The second-order valence-electron chi connectivity index (χ2n) is 3.75.